The maximum Gasteiger partial charge on any atom is 0.115 e. The Bertz CT molecular complexity index is 195. The number of alkyl halides is 1. The Kier molecular flexibility index (Phi) is 3.17. The first-order valence-corrected chi connectivity index (χ1v) is 5.49. The van der Waals surface area contributed by atoms with Crippen molar-refractivity contribution in [3.8, 4) is 6.07 Å². The zero-order valence-electron chi connectivity index (χ0n) is 7.81. The molecule has 2 unspecified atom stereocenters. The molecule has 1 saturated carbocycles. The summed E-state index contributed by atoms with van der Waals surface area (Å²) in [4.78, 5) is 0. The molecule has 1 aliphatic carbocycles. The Morgan fingerprint density at radius 3 is 2.58 bits per heavy atom. The average molecular weight is 230 g/mol. The van der Waals surface area contributed by atoms with Gasteiger partial charge in [-0.15, -0.1) is 0 Å². The highest BCUT2D eigenvalue weighted by Crippen LogP contribution is 2.43. The first-order valence-electron chi connectivity index (χ1n) is 4.70. The molecule has 2 atom stereocenters. The van der Waals surface area contributed by atoms with Crippen LogP contribution in [0, 0.1) is 23.2 Å². The number of nitriles is 1. The van der Waals surface area contributed by atoms with E-state index in [0.29, 0.717) is 11.8 Å². The van der Waals surface area contributed by atoms with Crippen LogP contribution in [0.5, 0.6) is 0 Å². The van der Waals surface area contributed by atoms with E-state index < -0.39 is 0 Å². The van der Waals surface area contributed by atoms with Gasteiger partial charge in [-0.1, -0.05) is 42.6 Å². The van der Waals surface area contributed by atoms with Crippen LogP contribution in [-0.2, 0) is 0 Å². The third-order valence-electron chi connectivity index (χ3n) is 2.88. The SMILES string of the molecule is CC(C)C1CCCCC1(Br)C#N. The lowest BCUT2D eigenvalue weighted by Gasteiger charge is -2.36. The van der Waals surface area contributed by atoms with Crippen molar-refractivity contribution < 1.29 is 0 Å². The van der Waals surface area contributed by atoms with Gasteiger partial charge in [0.25, 0.3) is 0 Å². The molecular formula is C10H16BrN. The molecule has 0 bridgehead atoms. The third-order valence-corrected chi connectivity index (χ3v) is 4.05. The summed E-state index contributed by atoms with van der Waals surface area (Å²) in [6.45, 7) is 4.42. The van der Waals surface area contributed by atoms with Crippen LogP contribution in [0.15, 0.2) is 0 Å². The van der Waals surface area contributed by atoms with Crippen LogP contribution in [-0.4, -0.2) is 4.32 Å². The van der Waals surface area contributed by atoms with Crippen molar-refractivity contribution in [2.45, 2.75) is 43.9 Å². The minimum Gasteiger partial charge on any atom is -0.197 e. The van der Waals surface area contributed by atoms with Crippen LogP contribution in [0.4, 0.5) is 0 Å². The summed E-state index contributed by atoms with van der Waals surface area (Å²) >= 11 is 3.60. The van der Waals surface area contributed by atoms with Crippen molar-refractivity contribution in [2.75, 3.05) is 0 Å². The summed E-state index contributed by atoms with van der Waals surface area (Å²) in [5.74, 6) is 1.15. The predicted molar refractivity (Wildman–Crippen MR) is 54.1 cm³/mol. The van der Waals surface area contributed by atoms with Crippen molar-refractivity contribution >= 4 is 15.9 Å². The van der Waals surface area contributed by atoms with Gasteiger partial charge in [0, 0.05) is 0 Å². The number of nitrogens with zero attached hydrogens (tertiary/aromatic N) is 1. The third kappa shape index (κ3) is 1.82. The molecule has 0 aliphatic heterocycles. The summed E-state index contributed by atoms with van der Waals surface area (Å²) in [7, 11) is 0. The molecule has 0 saturated heterocycles. The van der Waals surface area contributed by atoms with Crippen LogP contribution < -0.4 is 0 Å². The van der Waals surface area contributed by atoms with E-state index in [1.807, 2.05) is 0 Å². The second kappa shape index (κ2) is 3.79. The number of rotatable bonds is 1. The fourth-order valence-corrected chi connectivity index (χ4v) is 3.20. The van der Waals surface area contributed by atoms with Gasteiger partial charge in [-0.25, -0.2) is 0 Å². The summed E-state index contributed by atoms with van der Waals surface area (Å²) in [6.07, 6.45) is 4.71. The van der Waals surface area contributed by atoms with Gasteiger partial charge in [0.05, 0.1) is 6.07 Å². The molecule has 0 spiro atoms. The second-order valence-electron chi connectivity index (χ2n) is 4.07. The molecule has 2 heteroatoms. The van der Waals surface area contributed by atoms with Gasteiger partial charge >= 0.3 is 0 Å². The second-order valence-corrected chi connectivity index (χ2v) is 5.49. The highest BCUT2D eigenvalue weighted by atomic mass is 79.9. The molecule has 68 valence electrons. The highest BCUT2D eigenvalue weighted by Gasteiger charge is 2.40. The van der Waals surface area contributed by atoms with Gasteiger partial charge in [0.2, 0.25) is 0 Å². The van der Waals surface area contributed by atoms with E-state index in [-0.39, 0.29) is 4.32 Å². The Balaban J connectivity index is 2.75. The van der Waals surface area contributed by atoms with E-state index in [0.717, 1.165) is 6.42 Å². The molecule has 1 rings (SSSR count). The van der Waals surface area contributed by atoms with Gasteiger partial charge in [-0.2, -0.15) is 5.26 Å². The lowest BCUT2D eigenvalue weighted by molar-refractivity contribution is 0.254. The molecule has 0 amide bonds. The standard InChI is InChI=1S/C10H16BrN/c1-8(2)9-5-3-4-6-10(9,11)7-12/h8-9H,3-6H2,1-2H3. The lowest BCUT2D eigenvalue weighted by atomic mass is 9.74. The molecular weight excluding hydrogens is 214 g/mol. The van der Waals surface area contributed by atoms with Crippen LogP contribution in [0.1, 0.15) is 39.5 Å². The number of hydrogen-bond donors (Lipinski definition) is 0. The summed E-state index contributed by atoms with van der Waals surface area (Å²) in [5.41, 5.74) is 0. The highest BCUT2D eigenvalue weighted by molar-refractivity contribution is 9.10. The molecule has 0 aromatic carbocycles. The summed E-state index contributed by atoms with van der Waals surface area (Å²) in [6, 6.07) is 2.43. The molecule has 0 heterocycles. The van der Waals surface area contributed by atoms with E-state index in [4.69, 9.17) is 5.26 Å². The van der Waals surface area contributed by atoms with Gasteiger partial charge in [-0.05, 0) is 24.7 Å². The average Bonchev–Trinajstić information content (AvgIpc) is 2.05. The molecule has 1 aliphatic rings. The monoisotopic (exact) mass is 229 g/mol. The fraction of sp³-hybridized carbons (Fsp3) is 0.900. The predicted octanol–water partition coefficient (Wildman–Crippen LogP) is 3.49. The molecule has 0 N–H and O–H groups in total. The molecule has 0 aromatic rings. The zero-order valence-corrected chi connectivity index (χ0v) is 9.39. The smallest absolute Gasteiger partial charge is 0.115 e. The fourth-order valence-electron chi connectivity index (χ4n) is 2.16. The maximum absolute atomic E-state index is 9.07. The molecule has 0 aromatic heterocycles. The molecule has 0 radical (unpaired) electrons. The van der Waals surface area contributed by atoms with Crippen LogP contribution >= 0.6 is 15.9 Å². The van der Waals surface area contributed by atoms with Gasteiger partial charge in [0.1, 0.15) is 4.32 Å². The van der Waals surface area contributed by atoms with Crippen LogP contribution in [0.25, 0.3) is 0 Å². The van der Waals surface area contributed by atoms with Gasteiger partial charge in [-0.3, -0.25) is 0 Å². The van der Waals surface area contributed by atoms with Gasteiger partial charge in [0.15, 0.2) is 0 Å². The lowest BCUT2D eigenvalue weighted by Crippen LogP contribution is -2.36. The van der Waals surface area contributed by atoms with E-state index in [1.54, 1.807) is 0 Å². The Morgan fingerprint density at radius 1 is 1.50 bits per heavy atom. The zero-order chi connectivity index (χ0) is 9.19. The minimum absolute atomic E-state index is 0.223. The quantitative estimate of drug-likeness (QED) is 0.632. The van der Waals surface area contributed by atoms with E-state index >= 15 is 0 Å². The van der Waals surface area contributed by atoms with Crippen molar-refractivity contribution in [3.63, 3.8) is 0 Å². The molecule has 1 nitrogen and oxygen atoms in total. The first-order chi connectivity index (χ1) is 5.60. The molecule has 12 heavy (non-hydrogen) atoms. The van der Waals surface area contributed by atoms with Gasteiger partial charge < -0.3 is 0 Å². The van der Waals surface area contributed by atoms with Crippen molar-refractivity contribution in [3.05, 3.63) is 0 Å². The summed E-state index contributed by atoms with van der Waals surface area (Å²) < 4.78 is -0.223. The minimum atomic E-state index is -0.223. The van der Waals surface area contributed by atoms with Crippen molar-refractivity contribution in [2.24, 2.45) is 11.8 Å². The van der Waals surface area contributed by atoms with E-state index in [2.05, 4.69) is 35.8 Å². The first kappa shape index (κ1) is 10.1. The van der Waals surface area contributed by atoms with Crippen molar-refractivity contribution in [1.29, 1.82) is 5.26 Å². The normalized spacial score (nSPS) is 36.4. The Labute approximate surface area is 83.3 Å². The van der Waals surface area contributed by atoms with Crippen LogP contribution in [0.3, 0.4) is 0 Å². The van der Waals surface area contributed by atoms with E-state index in [9.17, 15) is 0 Å². The van der Waals surface area contributed by atoms with E-state index in [1.165, 1.54) is 19.3 Å². The van der Waals surface area contributed by atoms with Crippen molar-refractivity contribution in [1.82, 2.24) is 0 Å². The summed E-state index contributed by atoms with van der Waals surface area (Å²) in [5, 5.41) is 9.07. The number of halogens is 1. The Morgan fingerprint density at radius 2 is 2.17 bits per heavy atom. The molecule has 1 fully saturated rings. The Hall–Kier alpha value is -0.0300. The number of hydrogen-bond acceptors (Lipinski definition) is 1. The maximum atomic E-state index is 9.07. The topological polar surface area (TPSA) is 23.8 Å². The largest absolute Gasteiger partial charge is 0.197 e. The van der Waals surface area contributed by atoms with Crippen LogP contribution in [0.2, 0.25) is 0 Å².